The van der Waals surface area contributed by atoms with E-state index in [4.69, 9.17) is 11.6 Å². The van der Waals surface area contributed by atoms with Crippen LogP contribution in [0.25, 0.3) is 0 Å². The van der Waals surface area contributed by atoms with E-state index in [9.17, 15) is 13.2 Å². The lowest BCUT2D eigenvalue weighted by Crippen LogP contribution is -2.11. The molecular weight excluding hydrogens is 293 g/mol. The van der Waals surface area contributed by atoms with Gasteiger partial charge in [0.1, 0.15) is 11.0 Å². The van der Waals surface area contributed by atoms with E-state index < -0.39 is 11.7 Å². The van der Waals surface area contributed by atoms with Crippen molar-refractivity contribution in [3.8, 4) is 0 Å². The molecule has 0 amide bonds. The number of hydrogen-bond acceptors (Lipinski definition) is 3. The number of hydrogen-bond donors (Lipinski definition) is 1. The van der Waals surface area contributed by atoms with Gasteiger partial charge in [0.05, 0.1) is 5.56 Å². The van der Waals surface area contributed by atoms with Crippen LogP contribution < -0.4 is 5.32 Å². The van der Waals surface area contributed by atoms with E-state index in [1.807, 2.05) is 6.07 Å². The molecule has 0 fully saturated rings. The van der Waals surface area contributed by atoms with Crippen molar-refractivity contribution in [3.05, 3.63) is 40.8 Å². The summed E-state index contributed by atoms with van der Waals surface area (Å²) in [5.74, 6) is 0.104. The highest BCUT2D eigenvalue weighted by Crippen LogP contribution is 2.31. The first kappa shape index (κ1) is 14.6. The van der Waals surface area contributed by atoms with Crippen LogP contribution in [-0.2, 0) is 19.6 Å². The number of pyridine rings is 1. The maximum absolute atomic E-state index is 12.6. The van der Waals surface area contributed by atoms with Crippen LogP contribution in [0.3, 0.4) is 0 Å². The number of anilines is 1. The Morgan fingerprint density at radius 1 is 1.35 bits per heavy atom. The first-order valence-corrected chi connectivity index (χ1v) is 6.19. The van der Waals surface area contributed by atoms with Crippen LogP contribution in [0.4, 0.5) is 19.0 Å². The van der Waals surface area contributed by atoms with E-state index in [0.29, 0.717) is 13.0 Å². The monoisotopic (exact) mass is 304 g/mol. The highest BCUT2D eigenvalue weighted by molar-refractivity contribution is 6.29. The van der Waals surface area contributed by atoms with Gasteiger partial charge in [0, 0.05) is 31.9 Å². The van der Waals surface area contributed by atoms with Crippen LogP contribution in [0.5, 0.6) is 0 Å². The number of aryl methyl sites for hydroxylation is 1. The summed E-state index contributed by atoms with van der Waals surface area (Å²) in [5, 5.41) is 6.64. The standard InChI is InChI=1S/C12H12ClF3N4/c1-20-9(3-5-18-20)2-4-17-11-7-8(12(14,15)16)6-10(13)19-11/h3,5-7H,2,4H2,1H3,(H,17,19). The number of nitrogens with one attached hydrogen (secondary N) is 1. The van der Waals surface area contributed by atoms with E-state index >= 15 is 0 Å². The summed E-state index contributed by atoms with van der Waals surface area (Å²) in [6, 6.07) is 3.58. The zero-order valence-corrected chi connectivity index (χ0v) is 11.3. The Balaban J connectivity index is 2.03. The average Bonchev–Trinajstić information content (AvgIpc) is 2.73. The fourth-order valence-corrected chi connectivity index (χ4v) is 1.92. The first-order valence-electron chi connectivity index (χ1n) is 5.82. The number of halogens is 4. The summed E-state index contributed by atoms with van der Waals surface area (Å²) in [6.07, 6.45) is -2.16. The van der Waals surface area contributed by atoms with Crippen molar-refractivity contribution in [1.82, 2.24) is 14.8 Å². The van der Waals surface area contributed by atoms with Crippen LogP contribution in [0.15, 0.2) is 24.4 Å². The number of nitrogens with zero attached hydrogens (tertiary/aromatic N) is 3. The summed E-state index contributed by atoms with van der Waals surface area (Å²) in [7, 11) is 1.80. The molecule has 0 aromatic carbocycles. The molecule has 0 unspecified atom stereocenters. The van der Waals surface area contributed by atoms with Gasteiger partial charge in [-0.2, -0.15) is 18.3 Å². The third kappa shape index (κ3) is 3.63. The van der Waals surface area contributed by atoms with Crippen molar-refractivity contribution in [2.45, 2.75) is 12.6 Å². The second kappa shape index (κ2) is 5.70. The maximum Gasteiger partial charge on any atom is 0.416 e. The highest BCUT2D eigenvalue weighted by atomic mass is 35.5. The summed E-state index contributed by atoms with van der Waals surface area (Å²) < 4.78 is 39.6. The summed E-state index contributed by atoms with van der Waals surface area (Å²) in [4.78, 5) is 3.82. The average molecular weight is 305 g/mol. The zero-order chi connectivity index (χ0) is 14.8. The topological polar surface area (TPSA) is 42.7 Å². The van der Waals surface area contributed by atoms with Crippen LogP contribution in [-0.4, -0.2) is 21.3 Å². The Kier molecular flexibility index (Phi) is 4.17. The molecule has 0 aliphatic heterocycles. The number of alkyl halides is 3. The van der Waals surface area contributed by atoms with Gasteiger partial charge in [-0.1, -0.05) is 11.6 Å². The third-order valence-corrected chi connectivity index (χ3v) is 2.92. The minimum atomic E-state index is -4.44. The van der Waals surface area contributed by atoms with E-state index in [0.717, 1.165) is 17.8 Å². The van der Waals surface area contributed by atoms with Crippen molar-refractivity contribution in [2.24, 2.45) is 7.05 Å². The van der Waals surface area contributed by atoms with Gasteiger partial charge in [0.2, 0.25) is 0 Å². The van der Waals surface area contributed by atoms with Gasteiger partial charge < -0.3 is 5.32 Å². The molecule has 8 heteroatoms. The van der Waals surface area contributed by atoms with E-state index in [1.165, 1.54) is 0 Å². The second-order valence-electron chi connectivity index (χ2n) is 4.18. The molecule has 2 heterocycles. The molecule has 4 nitrogen and oxygen atoms in total. The van der Waals surface area contributed by atoms with Gasteiger partial charge in [-0.15, -0.1) is 0 Å². The minimum Gasteiger partial charge on any atom is -0.370 e. The molecule has 108 valence electrons. The van der Waals surface area contributed by atoms with Crippen LogP contribution in [0.1, 0.15) is 11.3 Å². The van der Waals surface area contributed by atoms with Crippen LogP contribution >= 0.6 is 11.6 Å². The lowest BCUT2D eigenvalue weighted by atomic mass is 10.2. The molecule has 2 aromatic heterocycles. The minimum absolute atomic E-state index is 0.104. The SMILES string of the molecule is Cn1nccc1CCNc1cc(C(F)(F)F)cc(Cl)n1. The van der Waals surface area contributed by atoms with Crippen molar-refractivity contribution in [2.75, 3.05) is 11.9 Å². The number of rotatable bonds is 4. The summed E-state index contributed by atoms with van der Waals surface area (Å²) in [6.45, 7) is 0.435. The Morgan fingerprint density at radius 3 is 2.70 bits per heavy atom. The molecule has 0 aliphatic carbocycles. The Morgan fingerprint density at radius 2 is 2.10 bits per heavy atom. The smallest absolute Gasteiger partial charge is 0.370 e. The lowest BCUT2D eigenvalue weighted by Gasteiger charge is -2.10. The molecular formula is C12H12ClF3N4. The van der Waals surface area contributed by atoms with Crippen molar-refractivity contribution < 1.29 is 13.2 Å². The van der Waals surface area contributed by atoms with Gasteiger partial charge in [-0.05, 0) is 18.2 Å². The van der Waals surface area contributed by atoms with Gasteiger partial charge in [-0.25, -0.2) is 4.98 Å². The Bertz CT molecular complexity index is 595. The lowest BCUT2D eigenvalue weighted by molar-refractivity contribution is -0.137. The first-order chi connectivity index (χ1) is 9.36. The fourth-order valence-electron chi connectivity index (χ4n) is 1.72. The molecule has 0 aliphatic rings. The van der Waals surface area contributed by atoms with Crippen molar-refractivity contribution in [1.29, 1.82) is 0 Å². The fraction of sp³-hybridized carbons (Fsp3) is 0.333. The molecule has 20 heavy (non-hydrogen) atoms. The third-order valence-electron chi connectivity index (χ3n) is 2.73. The van der Waals surface area contributed by atoms with Gasteiger partial charge in [0.25, 0.3) is 0 Å². The zero-order valence-electron chi connectivity index (χ0n) is 10.6. The molecule has 2 rings (SSSR count). The quantitative estimate of drug-likeness (QED) is 0.882. The van der Waals surface area contributed by atoms with E-state index in [1.54, 1.807) is 17.9 Å². The van der Waals surface area contributed by atoms with E-state index in [-0.39, 0.29) is 11.0 Å². The predicted octanol–water partition coefficient (Wildman–Crippen LogP) is 3.14. The van der Waals surface area contributed by atoms with Crippen molar-refractivity contribution >= 4 is 17.4 Å². The molecule has 0 radical (unpaired) electrons. The largest absolute Gasteiger partial charge is 0.416 e. The van der Waals surface area contributed by atoms with Crippen molar-refractivity contribution in [3.63, 3.8) is 0 Å². The molecule has 0 atom stereocenters. The summed E-state index contributed by atoms with van der Waals surface area (Å²) in [5.41, 5.74) is 0.149. The molecule has 0 saturated carbocycles. The molecule has 0 bridgehead atoms. The molecule has 1 N–H and O–H groups in total. The Labute approximate surface area is 118 Å². The van der Waals surface area contributed by atoms with Gasteiger partial charge in [0.15, 0.2) is 0 Å². The predicted molar refractivity (Wildman–Crippen MR) is 69.7 cm³/mol. The molecule has 0 spiro atoms. The van der Waals surface area contributed by atoms with E-state index in [2.05, 4.69) is 15.4 Å². The molecule has 2 aromatic rings. The van der Waals surface area contributed by atoms with Crippen LogP contribution in [0, 0.1) is 0 Å². The number of aromatic nitrogens is 3. The van der Waals surface area contributed by atoms with Gasteiger partial charge in [-0.3, -0.25) is 4.68 Å². The Hall–Kier alpha value is -1.76. The summed E-state index contributed by atoms with van der Waals surface area (Å²) >= 11 is 5.59. The van der Waals surface area contributed by atoms with Gasteiger partial charge >= 0.3 is 6.18 Å². The molecule has 0 saturated heterocycles. The second-order valence-corrected chi connectivity index (χ2v) is 4.57. The normalized spacial score (nSPS) is 11.7. The maximum atomic E-state index is 12.6. The highest BCUT2D eigenvalue weighted by Gasteiger charge is 2.31. The van der Waals surface area contributed by atoms with Crippen LogP contribution in [0.2, 0.25) is 5.15 Å².